The molecule has 5 nitrogen and oxygen atoms in total. The molecular formula is C8H12O5. The number of carbonyl (C=O) groups excluding carboxylic acids is 1. The van der Waals surface area contributed by atoms with E-state index in [0.717, 1.165) is 0 Å². The Balaban J connectivity index is 2.17. The molecule has 74 valence electrons. The van der Waals surface area contributed by atoms with E-state index in [9.17, 15) is 4.79 Å². The minimum Gasteiger partial charge on any atom is -0.455 e. The highest BCUT2D eigenvalue weighted by molar-refractivity contribution is 5.78. The Bertz CT molecular complexity index is 237. The lowest BCUT2D eigenvalue weighted by atomic mass is 10.1. The van der Waals surface area contributed by atoms with Gasteiger partial charge in [0.05, 0.1) is 6.61 Å². The van der Waals surface area contributed by atoms with Gasteiger partial charge in [0.2, 0.25) is 0 Å². The van der Waals surface area contributed by atoms with Crippen molar-refractivity contribution < 1.29 is 24.1 Å². The summed E-state index contributed by atoms with van der Waals surface area (Å²) in [6, 6.07) is 0. The Morgan fingerprint density at radius 1 is 1.46 bits per heavy atom. The second kappa shape index (κ2) is 2.67. The molecule has 2 saturated heterocycles. The second-order valence-corrected chi connectivity index (χ2v) is 3.68. The lowest BCUT2D eigenvalue weighted by Gasteiger charge is -2.20. The summed E-state index contributed by atoms with van der Waals surface area (Å²) in [6.07, 6.45) is -1.72. The smallest absolute Gasteiger partial charge is 0.338 e. The fraction of sp³-hybridized carbons (Fsp3) is 0.875. The van der Waals surface area contributed by atoms with Gasteiger partial charge in [0, 0.05) is 0 Å². The summed E-state index contributed by atoms with van der Waals surface area (Å²) in [6.45, 7) is 3.23. The lowest BCUT2D eigenvalue weighted by Crippen LogP contribution is -2.31. The third kappa shape index (κ3) is 1.33. The van der Waals surface area contributed by atoms with E-state index in [0.29, 0.717) is 0 Å². The fourth-order valence-electron chi connectivity index (χ4n) is 1.67. The summed E-state index contributed by atoms with van der Waals surface area (Å²) in [5.74, 6) is -1.21. The predicted octanol–water partition coefficient (Wildman–Crippen LogP) is -0.576. The van der Waals surface area contributed by atoms with Crippen LogP contribution in [-0.4, -0.2) is 41.8 Å². The Morgan fingerprint density at radius 2 is 2.15 bits per heavy atom. The van der Waals surface area contributed by atoms with Gasteiger partial charge in [-0.05, 0) is 13.8 Å². The molecule has 2 rings (SSSR count). The Hall–Kier alpha value is -0.650. The molecule has 2 fully saturated rings. The van der Waals surface area contributed by atoms with Gasteiger partial charge in [0.1, 0.15) is 6.10 Å². The summed E-state index contributed by atoms with van der Waals surface area (Å²) in [7, 11) is 0. The largest absolute Gasteiger partial charge is 0.455 e. The van der Waals surface area contributed by atoms with Crippen molar-refractivity contribution in [2.75, 3.05) is 6.61 Å². The lowest BCUT2D eigenvalue weighted by molar-refractivity contribution is -0.188. The van der Waals surface area contributed by atoms with Gasteiger partial charge in [-0.25, -0.2) is 4.79 Å². The molecule has 1 unspecified atom stereocenters. The maximum atomic E-state index is 11.2. The molecule has 0 spiro atoms. The topological polar surface area (TPSA) is 65.0 Å². The molecule has 0 radical (unpaired) electrons. The first-order chi connectivity index (χ1) is 6.03. The standard InChI is InChI=1S/C8H12O5/c1-8(2)12-5-4(3-9)11-7(10)6(5)13-8/h4-6,9H,3H2,1-2H3/t4-,5+,6?/m0/s1. The SMILES string of the molecule is CC1(C)OC2C(=O)O[C@@H](CO)[C@H]2O1. The Morgan fingerprint density at radius 3 is 2.77 bits per heavy atom. The Labute approximate surface area is 75.6 Å². The number of aliphatic hydroxyl groups excluding tert-OH is 1. The first-order valence-electron chi connectivity index (χ1n) is 4.20. The van der Waals surface area contributed by atoms with Crippen LogP contribution in [0.4, 0.5) is 0 Å². The molecule has 3 atom stereocenters. The molecule has 0 amide bonds. The van der Waals surface area contributed by atoms with E-state index in [1.54, 1.807) is 13.8 Å². The van der Waals surface area contributed by atoms with E-state index in [2.05, 4.69) is 0 Å². The number of rotatable bonds is 1. The molecule has 0 aromatic rings. The maximum Gasteiger partial charge on any atom is 0.338 e. The summed E-state index contributed by atoms with van der Waals surface area (Å²) in [5, 5.41) is 8.89. The van der Waals surface area contributed by atoms with Crippen LogP contribution in [0.15, 0.2) is 0 Å². The molecule has 2 heterocycles. The van der Waals surface area contributed by atoms with Crippen LogP contribution in [0.5, 0.6) is 0 Å². The first-order valence-corrected chi connectivity index (χ1v) is 4.20. The van der Waals surface area contributed by atoms with Gasteiger partial charge in [-0.1, -0.05) is 0 Å². The molecule has 1 N–H and O–H groups in total. The zero-order valence-corrected chi connectivity index (χ0v) is 7.52. The van der Waals surface area contributed by atoms with Gasteiger partial charge >= 0.3 is 5.97 Å². The van der Waals surface area contributed by atoms with Gasteiger partial charge in [0.15, 0.2) is 18.0 Å². The molecule has 2 aliphatic rings. The first kappa shape index (κ1) is 8.93. The van der Waals surface area contributed by atoms with Crippen molar-refractivity contribution in [3.05, 3.63) is 0 Å². The number of ether oxygens (including phenoxy) is 3. The highest BCUT2D eigenvalue weighted by atomic mass is 16.8. The van der Waals surface area contributed by atoms with Crippen LogP contribution < -0.4 is 0 Å². The second-order valence-electron chi connectivity index (χ2n) is 3.68. The number of cyclic esters (lactones) is 1. The van der Waals surface area contributed by atoms with Crippen LogP contribution >= 0.6 is 0 Å². The van der Waals surface area contributed by atoms with Crippen LogP contribution in [0.25, 0.3) is 0 Å². The van der Waals surface area contributed by atoms with Crippen molar-refractivity contribution in [2.45, 2.75) is 37.9 Å². The van der Waals surface area contributed by atoms with Crippen LogP contribution in [0.2, 0.25) is 0 Å². The molecule has 0 saturated carbocycles. The normalized spacial score (nSPS) is 41.8. The van der Waals surface area contributed by atoms with E-state index < -0.39 is 30.1 Å². The van der Waals surface area contributed by atoms with Gasteiger partial charge in [-0.3, -0.25) is 0 Å². The van der Waals surface area contributed by atoms with E-state index >= 15 is 0 Å². The molecule has 5 heteroatoms. The maximum absolute atomic E-state index is 11.2. The molecule has 0 bridgehead atoms. The van der Waals surface area contributed by atoms with Crippen molar-refractivity contribution in [1.82, 2.24) is 0 Å². The average Bonchev–Trinajstić information content (AvgIpc) is 2.47. The number of esters is 1. The van der Waals surface area contributed by atoms with Gasteiger partial charge in [-0.2, -0.15) is 0 Å². The molecule has 0 aromatic heterocycles. The zero-order chi connectivity index (χ0) is 9.64. The van der Waals surface area contributed by atoms with E-state index in [1.807, 2.05) is 0 Å². The zero-order valence-electron chi connectivity index (χ0n) is 7.52. The van der Waals surface area contributed by atoms with Crippen LogP contribution in [0, 0.1) is 0 Å². The summed E-state index contributed by atoms with van der Waals surface area (Å²) in [4.78, 5) is 11.2. The van der Waals surface area contributed by atoms with Gasteiger partial charge in [-0.15, -0.1) is 0 Å². The number of hydrogen-bond donors (Lipinski definition) is 1. The summed E-state index contributed by atoms with van der Waals surface area (Å²) < 4.78 is 15.6. The van der Waals surface area contributed by atoms with Crippen molar-refractivity contribution in [2.24, 2.45) is 0 Å². The molecule has 13 heavy (non-hydrogen) atoms. The van der Waals surface area contributed by atoms with Crippen molar-refractivity contribution >= 4 is 5.97 Å². The number of hydrogen-bond acceptors (Lipinski definition) is 5. The summed E-state index contributed by atoms with van der Waals surface area (Å²) >= 11 is 0. The van der Waals surface area contributed by atoms with Gasteiger partial charge in [0.25, 0.3) is 0 Å². The molecule has 0 aromatic carbocycles. The highest BCUT2D eigenvalue weighted by Gasteiger charge is 2.55. The Kier molecular flexibility index (Phi) is 1.83. The van der Waals surface area contributed by atoms with Crippen molar-refractivity contribution in [3.63, 3.8) is 0 Å². The molecule has 0 aliphatic carbocycles. The number of aliphatic hydroxyl groups is 1. The fourth-order valence-corrected chi connectivity index (χ4v) is 1.67. The van der Waals surface area contributed by atoms with Crippen LogP contribution in [0.3, 0.4) is 0 Å². The minimum atomic E-state index is -0.762. The van der Waals surface area contributed by atoms with Crippen LogP contribution in [0.1, 0.15) is 13.8 Å². The van der Waals surface area contributed by atoms with Crippen LogP contribution in [-0.2, 0) is 19.0 Å². The van der Waals surface area contributed by atoms with E-state index in [1.165, 1.54) is 0 Å². The average molecular weight is 188 g/mol. The summed E-state index contributed by atoms with van der Waals surface area (Å²) in [5.41, 5.74) is 0. The predicted molar refractivity (Wildman–Crippen MR) is 40.8 cm³/mol. The number of fused-ring (bicyclic) bond motifs is 1. The van der Waals surface area contributed by atoms with Crippen molar-refractivity contribution in [3.8, 4) is 0 Å². The third-order valence-electron chi connectivity index (χ3n) is 2.18. The quantitative estimate of drug-likeness (QED) is 0.558. The highest BCUT2D eigenvalue weighted by Crippen LogP contribution is 2.35. The third-order valence-corrected chi connectivity index (χ3v) is 2.18. The minimum absolute atomic E-state index is 0.230. The monoisotopic (exact) mass is 188 g/mol. The molecular weight excluding hydrogens is 176 g/mol. The van der Waals surface area contributed by atoms with Crippen molar-refractivity contribution in [1.29, 1.82) is 0 Å². The molecule has 2 aliphatic heterocycles. The van der Waals surface area contributed by atoms with Gasteiger partial charge < -0.3 is 19.3 Å². The van der Waals surface area contributed by atoms with E-state index in [4.69, 9.17) is 19.3 Å². The van der Waals surface area contributed by atoms with E-state index in [-0.39, 0.29) is 6.61 Å². The number of carbonyl (C=O) groups is 1.